The second-order valence-corrected chi connectivity index (χ2v) is 4.86. The average Bonchev–Trinajstić information content (AvgIpc) is 2.75. The lowest BCUT2D eigenvalue weighted by atomic mass is 9.98. The Balaban J connectivity index is 1.81. The molecule has 1 fully saturated rings. The fraction of sp³-hybridized carbons (Fsp3) is 0.188. The number of rotatable bonds is 3. The molecule has 2 aromatic rings. The Morgan fingerprint density at radius 2 is 1.75 bits per heavy atom. The lowest BCUT2D eigenvalue weighted by molar-refractivity contribution is -0.122. The van der Waals surface area contributed by atoms with Gasteiger partial charge >= 0.3 is 0 Å². The predicted octanol–water partition coefficient (Wildman–Crippen LogP) is 2.20. The SMILES string of the molecule is O=C1CC(Cc2ccccc2)C(=O)N1c1ccncc1. The highest BCUT2D eigenvalue weighted by Gasteiger charge is 2.39. The fourth-order valence-corrected chi connectivity index (χ4v) is 2.52. The van der Waals surface area contributed by atoms with Crippen molar-refractivity contribution in [1.29, 1.82) is 0 Å². The van der Waals surface area contributed by atoms with E-state index in [1.165, 1.54) is 4.90 Å². The van der Waals surface area contributed by atoms with Gasteiger partial charge in [0.1, 0.15) is 0 Å². The maximum Gasteiger partial charge on any atom is 0.237 e. The second-order valence-electron chi connectivity index (χ2n) is 4.86. The molecule has 1 aromatic heterocycles. The molecular weight excluding hydrogens is 252 g/mol. The highest BCUT2D eigenvalue weighted by molar-refractivity contribution is 6.20. The Labute approximate surface area is 117 Å². The van der Waals surface area contributed by atoms with Gasteiger partial charge < -0.3 is 0 Å². The lowest BCUT2D eigenvalue weighted by Crippen LogP contribution is -2.30. The molecule has 2 heterocycles. The van der Waals surface area contributed by atoms with Crippen molar-refractivity contribution in [2.75, 3.05) is 4.90 Å². The molecular formula is C16H14N2O2. The number of anilines is 1. The zero-order chi connectivity index (χ0) is 13.9. The van der Waals surface area contributed by atoms with E-state index < -0.39 is 0 Å². The highest BCUT2D eigenvalue weighted by Crippen LogP contribution is 2.28. The van der Waals surface area contributed by atoms with E-state index >= 15 is 0 Å². The van der Waals surface area contributed by atoms with Gasteiger partial charge in [-0.3, -0.25) is 19.5 Å². The molecule has 0 radical (unpaired) electrons. The van der Waals surface area contributed by atoms with Crippen LogP contribution in [0.4, 0.5) is 5.69 Å². The molecule has 4 nitrogen and oxygen atoms in total. The number of carbonyl (C=O) groups excluding carboxylic acids is 2. The van der Waals surface area contributed by atoms with Gasteiger partial charge in [0.05, 0.1) is 11.6 Å². The molecule has 0 saturated carbocycles. The van der Waals surface area contributed by atoms with Gasteiger partial charge in [0.2, 0.25) is 11.8 Å². The zero-order valence-electron chi connectivity index (χ0n) is 10.9. The smallest absolute Gasteiger partial charge is 0.237 e. The minimum absolute atomic E-state index is 0.120. The first-order valence-electron chi connectivity index (χ1n) is 6.56. The van der Waals surface area contributed by atoms with E-state index in [0.717, 1.165) is 5.56 Å². The molecule has 1 atom stereocenters. The second kappa shape index (κ2) is 5.25. The average molecular weight is 266 g/mol. The highest BCUT2D eigenvalue weighted by atomic mass is 16.2. The van der Waals surface area contributed by atoms with E-state index in [0.29, 0.717) is 12.1 Å². The molecule has 3 rings (SSSR count). The van der Waals surface area contributed by atoms with Crippen LogP contribution in [0, 0.1) is 5.92 Å². The Bertz CT molecular complexity index is 625. The van der Waals surface area contributed by atoms with Crippen LogP contribution in [0.25, 0.3) is 0 Å². The minimum Gasteiger partial charge on any atom is -0.274 e. The van der Waals surface area contributed by atoms with E-state index in [-0.39, 0.29) is 24.2 Å². The summed E-state index contributed by atoms with van der Waals surface area (Å²) in [4.78, 5) is 29.7. The molecule has 2 amide bonds. The Morgan fingerprint density at radius 1 is 1.05 bits per heavy atom. The molecule has 1 aliphatic heterocycles. The van der Waals surface area contributed by atoms with Gasteiger partial charge in [0.25, 0.3) is 0 Å². The third kappa shape index (κ3) is 2.32. The third-order valence-electron chi connectivity index (χ3n) is 3.49. The Kier molecular flexibility index (Phi) is 3.29. The summed E-state index contributed by atoms with van der Waals surface area (Å²) in [5, 5.41) is 0. The number of nitrogens with zero attached hydrogens (tertiary/aromatic N) is 2. The molecule has 100 valence electrons. The number of hydrogen-bond donors (Lipinski definition) is 0. The zero-order valence-corrected chi connectivity index (χ0v) is 10.9. The first-order valence-corrected chi connectivity index (χ1v) is 6.56. The van der Waals surface area contributed by atoms with Crippen molar-refractivity contribution in [1.82, 2.24) is 4.98 Å². The van der Waals surface area contributed by atoms with Gasteiger partial charge in [-0.1, -0.05) is 30.3 Å². The minimum atomic E-state index is -0.266. The number of imide groups is 1. The summed E-state index contributed by atoms with van der Waals surface area (Å²) in [6, 6.07) is 13.1. The van der Waals surface area contributed by atoms with E-state index in [4.69, 9.17) is 0 Å². The van der Waals surface area contributed by atoms with Gasteiger partial charge in [0, 0.05) is 18.8 Å². The Hall–Kier alpha value is -2.49. The summed E-state index contributed by atoms with van der Waals surface area (Å²) in [7, 11) is 0. The summed E-state index contributed by atoms with van der Waals surface area (Å²) in [5.41, 5.74) is 1.68. The topological polar surface area (TPSA) is 50.3 Å². The van der Waals surface area contributed by atoms with Crippen molar-refractivity contribution in [2.45, 2.75) is 12.8 Å². The molecule has 1 aromatic carbocycles. The van der Waals surface area contributed by atoms with Gasteiger partial charge in [-0.25, -0.2) is 0 Å². The number of pyridine rings is 1. The molecule has 0 aliphatic carbocycles. The quantitative estimate of drug-likeness (QED) is 0.800. The van der Waals surface area contributed by atoms with Crippen LogP contribution >= 0.6 is 0 Å². The fourth-order valence-electron chi connectivity index (χ4n) is 2.52. The Morgan fingerprint density at radius 3 is 2.45 bits per heavy atom. The van der Waals surface area contributed by atoms with Crippen LogP contribution in [-0.2, 0) is 16.0 Å². The molecule has 1 unspecified atom stereocenters. The maximum absolute atomic E-state index is 12.4. The molecule has 1 aliphatic rings. The summed E-state index contributed by atoms with van der Waals surface area (Å²) in [6.07, 6.45) is 4.05. The van der Waals surface area contributed by atoms with Crippen LogP contribution < -0.4 is 4.90 Å². The van der Waals surface area contributed by atoms with Crippen LogP contribution in [0.3, 0.4) is 0 Å². The van der Waals surface area contributed by atoms with E-state index in [9.17, 15) is 9.59 Å². The lowest BCUT2D eigenvalue weighted by Gasteiger charge is -2.14. The van der Waals surface area contributed by atoms with E-state index in [1.54, 1.807) is 24.5 Å². The van der Waals surface area contributed by atoms with Crippen LogP contribution in [0.1, 0.15) is 12.0 Å². The molecule has 0 N–H and O–H groups in total. The van der Waals surface area contributed by atoms with Crippen LogP contribution in [0.15, 0.2) is 54.9 Å². The normalized spacial score (nSPS) is 18.6. The van der Waals surface area contributed by atoms with Gasteiger partial charge in [0.15, 0.2) is 0 Å². The number of amides is 2. The van der Waals surface area contributed by atoms with E-state index in [2.05, 4.69) is 4.98 Å². The first-order chi connectivity index (χ1) is 9.75. The number of carbonyl (C=O) groups is 2. The maximum atomic E-state index is 12.4. The summed E-state index contributed by atoms with van der Waals surface area (Å²) in [5.74, 6) is -0.523. The van der Waals surface area contributed by atoms with Crippen molar-refractivity contribution in [2.24, 2.45) is 5.92 Å². The molecule has 4 heteroatoms. The monoisotopic (exact) mass is 266 g/mol. The molecule has 0 spiro atoms. The van der Waals surface area contributed by atoms with Crippen LogP contribution in [-0.4, -0.2) is 16.8 Å². The van der Waals surface area contributed by atoms with Crippen molar-refractivity contribution in [3.05, 3.63) is 60.4 Å². The van der Waals surface area contributed by atoms with Gasteiger partial charge in [-0.05, 0) is 24.1 Å². The van der Waals surface area contributed by atoms with Crippen LogP contribution in [0.2, 0.25) is 0 Å². The van der Waals surface area contributed by atoms with Crippen molar-refractivity contribution < 1.29 is 9.59 Å². The van der Waals surface area contributed by atoms with Gasteiger partial charge in [-0.2, -0.15) is 0 Å². The largest absolute Gasteiger partial charge is 0.274 e. The van der Waals surface area contributed by atoms with Crippen molar-refractivity contribution in [3.63, 3.8) is 0 Å². The summed E-state index contributed by atoms with van der Waals surface area (Å²) < 4.78 is 0. The molecule has 20 heavy (non-hydrogen) atoms. The van der Waals surface area contributed by atoms with E-state index in [1.807, 2.05) is 30.3 Å². The third-order valence-corrected chi connectivity index (χ3v) is 3.49. The standard InChI is InChI=1S/C16H14N2O2/c19-15-11-13(10-12-4-2-1-3-5-12)16(20)18(15)14-6-8-17-9-7-14/h1-9,13H,10-11H2. The first kappa shape index (κ1) is 12.5. The summed E-state index contributed by atoms with van der Waals surface area (Å²) in [6.45, 7) is 0. The van der Waals surface area contributed by atoms with Gasteiger partial charge in [-0.15, -0.1) is 0 Å². The van der Waals surface area contributed by atoms with Crippen molar-refractivity contribution in [3.8, 4) is 0 Å². The number of benzene rings is 1. The number of hydrogen-bond acceptors (Lipinski definition) is 3. The predicted molar refractivity (Wildman–Crippen MR) is 75.0 cm³/mol. The molecule has 0 bridgehead atoms. The van der Waals surface area contributed by atoms with Crippen molar-refractivity contribution >= 4 is 17.5 Å². The number of aromatic nitrogens is 1. The van der Waals surface area contributed by atoms with Crippen LogP contribution in [0.5, 0.6) is 0 Å². The molecule has 1 saturated heterocycles. The summed E-state index contributed by atoms with van der Waals surface area (Å²) >= 11 is 0.